The second-order valence-corrected chi connectivity index (χ2v) is 10.2. The first kappa shape index (κ1) is 26.0. The molecule has 0 saturated carbocycles. The van der Waals surface area contributed by atoms with Crippen LogP contribution in [0, 0.1) is 0 Å². The summed E-state index contributed by atoms with van der Waals surface area (Å²) in [5, 5.41) is 5.19. The fourth-order valence-corrected chi connectivity index (χ4v) is 5.68. The van der Waals surface area contributed by atoms with Gasteiger partial charge in [-0.3, -0.25) is 4.79 Å². The van der Waals surface area contributed by atoms with Crippen molar-refractivity contribution in [3.05, 3.63) is 44.3 Å². The van der Waals surface area contributed by atoms with Gasteiger partial charge in [-0.2, -0.15) is 4.31 Å². The minimum Gasteiger partial charge on any atom is -0.385 e. The van der Waals surface area contributed by atoms with Crippen molar-refractivity contribution < 1.29 is 22.7 Å². The van der Waals surface area contributed by atoms with E-state index in [4.69, 9.17) is 32.7 Å². The van der Waals surface area contributed by atoms with Gasteiger partial charge in [-0.25, -0.2) is 13.4 Å². The van der Waals surface area contributed by atoms with Gasteiger partial charge >= 0.3 is 0 Å². The number of hydrogen-bond acceptors (Lipinski definition) is 7. The lowest BCUT2D eigenvalue weighted by Gasteiger charge is -2.22. The Morgan fingerprint density at radius 3 is 2.61 bits per heavy atom. The lowest BCUT2D eigenvalue weighted by molar-refractivity contribution is 0.0944. The van der Waals surface area contributed by atoms with Gasteiger partial charge in [-0.05, 0) is 31.0 Å². The van der Waals surface area contributed by atoms with Crippen LogP contribution in [0.4, 0.5) is 0 Å². The number of nitrogens with zero attached hydrogens (tertiary/aromatic N) is 2. The summed E-state index contributed by atoms with van der Waals surface area (Å²) < 4.78 is 37.8. The van der Waals surface area contributed by atoms with Gasteiger partial charge < -0.3 is 14.8 Å². The Balaban J connectivity index is 2.19. The summed E-state index contributed by atoms with van der Waals surface area (Å²) in [7, 11) is -0.809. The number of nitrogens with one attached hydrogen (secondary N) is 1. The SMILES string of the molecule is COCCCNC(=O)c1csc(CN(CCCOC)S(=O)(=O)c2cc(Cl)ccc2Cl)n1. The maximum Gasteiger partial charge on any atom is 0.270 e. The van der Waals surface area contributed by atoms with Gasteiger partial charge in [0.25, 0.3) is 5.91 Å². The van der Waals surface area contributed by atoms with Crippen LogP contribution in [-0.4, -0.2) is 64.1 Å². The molecule has 0 unspecified atom stereocenters. The third-order valence-electron chi connectivity index (χ3n) is 4.17. The quantitative estimate of drug-likeness (QED) is 0.415. The van der Waals surface area contributed by atoms with E-state index in [-0.39, 0.29) is 39.6 Å². The molecule has 0 aliphatic rings. The van der Waals surface area contributed by atoms with E-state index in [0.717, 1.165) is 0 Å². The lowest BCUT2D eigenvalue weighted by Crippen LogP contribution is -2.32. The molecule has 1 heterocycles. The van der Waals surface area contributed by atoms with Crippen molar-refractivity contribution in [3.8, 4) is 0 Å². The van der Waals surface area contributed by atoms with Crippen molar-refractivity contribution in [1.82, 2.24) is 14.6 Å². The Labute approximate surface area is 196 Å². The summed E-state index contributed by atoms with van der Waals surface area (Å²) in [6.07, 6.45) is 1.16. The van der Waals surface area contributed by atoms with E-state index in [0.29, 0.717) is 37.6 Å². The summed E-state index contributed by atoms with van der Waals surface area (Å²) in [6.45, 7) is 1.59. The first-order valence-corrected chi connectivity index (χ1v) is 12.5. The normalized spacial score (nSPS) is 11.8. The third kappa shape index (κ3) is 7.67. The number of benzene rings is 1. The van der Waals surface area contributed by atoms with Gasteiger partial charge in [-0.1, -0.05) is 23.2 Å². The third-order valence-corrected chi connectivity index (χ3v) is 7.57. The molecule has 0 fully saturated rings. The highest BCUT2D eigenvalue weighted by molar-refractivity contribution is 7.89. The van der Waals surface area contributed by atoms with Crippen molar-refractivity contribution in [1.29, 1.82) is 0 Å². The highest BCUT2D eigenvalue weighted by Crippen LogP contribution is 2.29. The van der Waals surface area contributed by atoms with Crippen LogP contribution in [-0.2, 0) is 26.0 Å². The number of sulfonamides is 1. The van der Waals surface area contributed by atoms with Gasteiger partial charge in [0.05, 0.1) is 11.6 Å². The van der Waals surface area contributed by atoms with Crippen LogP contribution in [0.3, 0.4) is 0 Å². The molecule has 1 amide bonds. The van der Waals surface area contributed by atoms with Crippen LogP contribution < -0.4 is 5.32 Å². The predicted molar refractivity (Wildman–Crippen MR) is 121 cm³/mol. The molecule has 0 radical (unpaired) electrons. The van der Waals surface area contributed by atoms with Gasteiger partial charge in [0, 0.05) is 50.9 Å². The van der Waals surface area contributed by atoms with Crippen molar-refractivity contribution in [2.45, 2.75) is 24.3 Å². The molecule has 2 rings (SSSR count). The van der Waals surface area contributed by atoms with Crippen LogP contribution in [0.15, 0.2) is 28.5 Å². The standard InChI is InChI=1S/C19H25Cl2N3O5S2/c1-28-9-3-7-22-19(25)16-13-30-18(23-16)12-24(8-4-10-29-2)31(26,27)17-11-14(20)5-6-15(17)21/h5-6,11,13H,3-4,7-10,12H2,1-2H3,(H,22,25). The number of amides is 1. The molecule has 1 aromatic heterocycles. The average Bonchev–Trinajstić information content (AvgIpc) is 3.21. The number of rotatable bonds is 13. The molecular formula is C19H25Cl2N3O5S2. The Morgan fingerprint density at radius 2 is 1.90 bits per heavy atom. The topological polar surface area (TPSA) is 97.8 Å². The molecule has 0 aliphatic carbocycles. The molecule has 2 aromatic rings. The highest BCUT2D eigenvalue weighted by atomic mass is 35.5. The van der Waals surface area contributed by atoms with E-state index >= 15 is 0 Å². The maximum atomic E-state index is 13.3. The number of carbonyl (C=O) groups excluding carboxylic acids is 1. The second kappa shape index (κ2) is 12.7. The fourth-order valence-electron chi connectivity index (χ4n) is 2.63. The van der Waals surface area contributed by atoms with Gasteiger partial charge in [0.15, 0.2) is 0 Å². The van der Waals surface area contributed by atoms with Crippen LogP contribution in [0.2, 0.25) is 10.0 Å². The molecule has 172 valence electrons. The van der Waals surface area contributed by atoms with E-state index in [1.54, 1.807) is 19.6 Å². The summed E-state index contributed by atoms with van der Waals surface area (Å²) in [4.78, 5) is 16.5. The number of methoxy groups -OCH3 is 2. The van der Waals surface area contributed by atoms with Gasteiger partial charge in [0.2, 0.25) is 10.0 Å². The first-order valence-electron chi connectivity index (χ1n) is 9.45. The zero-order valence-corrected chi connectivity index (χ0v) is 20.4. The van der Waals surface area contributed by atoms with E-state index < -0.39 is 10.0 Å². The fraction of sp³-hybridized carbons (Fsp3) is 0.474. The molecule has 0 spiro atoms. The minimum absolute atomic E-state index is 0.00346. The summed E-state index contributed by atoms with van der Waals surface area (Å²) in [5.74, 6) is -0.315. The van der Waals surface area contributed by atoms with Crippen molar-refractivity contribution >= 4 is 50.5 Å². The largest absolute Gasteiger partial charge is 0.385 e. The Hall–Kier alpha value is -1.27. The number of carbonyl (C=O) groups is 1. The summed E-state index contributed by atoms with van der Waals surface area (Å²) >= 11 is 13.3. The van der Waals surface area contributed by atoms with Gasteiger partial charge in [0.1, 0.15) is 15.6 Å². The van der Waals surface area contributed by atoms with Crippen molar-refractivity contribution in [2.75, 3.05) is 40.5 Å². The lowest BCUT2D eigenvalue weighted by atomic mass is 10.4. The van der Waals surface area contributed by atoms with E-state index in [9.17, 15) is 13.2 Å². The van der Waals surface area contributed by atoms with Crippen LogP contribution >= 0.6 is 34.5 Å². The second-order valence-electron chi connectivity index (χ2n) is 6.49. The number of ether oxygens (including phenoxy) is 2. The zero-order chi connectivity index (χ0) is 22.9. The summed E-state index contributed by atoms with van der Waals surface area (Å²) in [5.41, 5.74) is 0.243. The van der Waals surface area contributed by atoms with Crippen LogP contribution in [0.1, 0.15) is 28.3 Å². The van der Waals surface area contributed by atoms with Crippen molar-refractivity contribution in [2.24, 2.45) is 0 Å². The van der Waals surface area contributed by atoms with E-state index in [1.807, 2.05) is 0 Å². The molecule has 8 nitrogen and oxygen atoms in total. The number of hydrogen-bond donors (Lipinski definition) is 1. The number of halogens is 2. The van der Waals surface area contributed by atoms with Gasteiger partial charge in [-0.15, -0.1) is 11.3 Å². The summed E-state index contributed by atoms with van der Waals surface area (Å²) in [6, 6.07) is 4.29. The van der Waals surface area contributed by atoms with E-state index in [2.05, 4.69) is 10.3 Å². The highest BCUT2D eigenvalue weighted by Gasteiger charge is 2.28. The van der Waals surface area contributed by atoms with Crippen molar-refractivity contribution in [3.63, 3.8) is 0 Å². The molecule has 31 heavy (non-hydrogen) atoms. The Morgan fingerprint density at radius 1 is 1.19 bits per heavy atom. The molecule has 0 bridgehead atoms. The monoisotopic (exact) mass is 509 g/mol. The molecule has 1 aromatic carbocycles. The first-order chi connectivity index (χ1) is 14.8. The molecule has 0 aliphatic heterocycles. The van der Waals surface area contributed by atoms with Crippen LogP contribution in [0.25, 0.3) is 0 Å². The van der Waals surface area contributed by atoms with E-state index in [1.165, 1.54) is 33.8 Å². The smallest absolute Gasteiger partial charge is 0.270 e. The molecule has 0 saturated heterocycles. The maximum absolute atomic E-state index is 13.3. The Kier molecular flexibility index (Phi) is 10.6. The predicted octanol–water partition coefficient (Wildman–Crippen LogP) is 3.44. The molecule has 12 heteroatoms. The number of thiazole rings is 1. The van der Waals surface area contributed by atoms with Crippen LogP contribution in [0.5, 0.6) is 0 Å². The molecule has 1 N–H and O–H groups in total. The molecular weight excluding hydrogens is 485 g/mol. The average molecular weight is 510 g/mol. The zero-order valence-electron chi connectivity index (χ0n) is 17.3. The Bertz CT molecular complexity index is 969. The molecule has 0 atom stereocenters. The number of aromatic nitrogens is 1. The minimum atomic E-state index is -3.95.